The third-order valence-corrected chi connectivity index (χ3v) is 8.79. The zero-order valence-electron chi connectivity index (χ0n) is 25.2. The molecule has 2 heterocycles. The molecule has 0 N–H and O–H groups in total. The van der Waals surface area contributed by atoms with Gasteiger partial charge in [0.1, 0.15) is 0 Å². The van der Waals surface area contributed by atoms with Crippen LogP contribution in [0.2, 0.25) is 0 Å². The number of aryl methyl sites for hydroxylation is 1. The van der Waals surface area contributed by atoms with Crippen LogP contribution in [0.4, 0.5) is 17.1 Å². The van der Waals surface area contributed by atoms with Gasteiger partial charge in [0.25, 0.3) is 0 Å². The van der Waals surface area contributed by atoms with Gasteiger partial charge in [-0.3, -0.25) is 0 Å². The summed E-state index contributed by atoms with van der Waals surface area (Å²) in [5.41, 5.74) is 9.68. The normalized spacial score (nSPS) is 11.0. The average Bonchev–Trinajstić information content (AvgIpc) is 3.62. The second-order valence-corrected chi connectivity index (χ2v) is 11.5. The smallest absolute Gasteiger partial charge is 0.234 e. The fourth-order valence-corrected chi connectivity index (χ4v) is 6.88. The molecule has 2 aromatic heterocycles. The molecule has 0 atom stereocenters. The van der Waals surface area contributed by atoms with Gasteiger partial charge in [0.2, 0.25) is 5.69 Å². The van der Waals surface area contributed by atoms with Gasteiger partial charge in [-0.25, -0.2) is 14.5 Å². The number of benzene rings is 6. The van der Waals surface area contributed by atoms with E-state index >= 15 is 0 Å². The van der Waals surface area contributed by atoms with Gasteiger partial charge in [-0.1, -0.05) is 60.7 Å². The minimum absolute atomic E-state index is 0.441. The molecule has 47 heavy (non-hydrogen) atoms. The highest BCUT2D eigenvalue weighted by atomic mass is 15.1. The molecule has 6 aromatic carbocycles. The molecule has 0 spiro atoms. The van der Waals surface area contributed by atoms with Gasteiger partial charge >= 0.3 is 0 Å². The molecule has 8 rings (SSSR count). The van der Waals surface area contributed by atoms with Gasteiger partial charge in [0.15, 0.2) is 11.4 Å². The van der Waals surface area contributed by atoms with E-state index in [1.165, 1.54) is 0 Å². The lowest BCUT2D eigenvalue weighted by Crippen LogP contribution is -2.02. The molecule has 0 fully saturated rings. The van der Waals surface area contributed by atoms with Gasteiger partial charge in [0.05, 0.1) is 64.8 Å². The number of rotatable bonds is 3. The van der Waals surface area contributed by atoms with E-state index in [1.54, 1.807) is 0 Å². The first kappa shape index (κ1) is 27.4. The largest absolute Gasteiger partial charge is 0.319 e. The van der Waals surface area contributed by atoms with Gasteiger partial charge in [-0.15, -0.1) is 0 Å². The van der Waals surface area contributed by atoms with Crippen molar-refractivity contribution in [1.82, 2.24) is 9.13 Å². The van der Waals surface area contributed by atoms with E-state index < -0.39 is 0 Å². The van der Waals surface area contributed by atoms with E-state index in [2.05, 4.69) is 29.7 Å². The molecule has 6 heteroatoms. The van der Waals surface area contributed by atoms with Crippen LogP contribution in [0.1, 0.15) is 11.1 Å². The molecular weight excluding hydrogens is 576 g/mol. The summed E-state index contributed by atoms with van der Waals surface area (Å²) < 4.78 is 4.24. The van der Waals surface area contributed by atoms with E-state index in [0.717, 1.165) is 60.3 Å². The highest BCUT2D eigenvalue weighted by molar-refractivity contribution is 6.13. The topological polar surface area (TPSA) is 46.7 Å². The molecule has 0 unspecified atom stereocenters. The van der Waals surface area contributed by atoms with Crippen molar-refractivity contribution in [2.24, 2.45) is 0 Å². The number of aromatic nitrogens is 2. The van der Waals surface area contributed by atoms with E-state index in [0.29, 0.717) is 34.0 Å². The SMILES string of the molecule is [C-]#[N+]c1ccc2c(c1)c1ccccc1n2-c1ccc(-c2cc(C)cc(C#N)c2)c(-n2c3ccccc3c3cc([N+]#[C-])ccc32)c1[N+]#[C-]. The third-order valence-electron chi connectivity index (χ3n) is 8.79. The fourth-order valence-electron chi connectivity index (χ4n) is 6.88. The van der Waals surface area contributed by atoms with Crippen LogP contribution in [0.5, 0.6) is 0 Å². The molecule has 0 aliphatic rings. The predicted molar refractivity (Wildman–Crippen MR) is 189 cm³/mol. The minimum atomic E-state index is 0.441. The summed E-state index contributed by atoms with van der Waals surface area (Å²) in [6.07, 6.45) is 0. The average molecular weight is 599 g/mol. The van der Waals surface area contributed by atoms with Gasteiger partial charge in [-0.2, -0.15) is 5.26 Å². The zero-order chi connectivity index (χ0) is 32.2. The van der Waals surface area contributed by atoms with Crippen molar-refractivity contribution in [2.45, 2.75) is 6.92 Å². The van der Waals surface area contributed by atoms with Gasteiger partial charge in [0, 0.05) is 10.8 Å². The Morgan fingerprint density at radius 1 is 0.574 bits per heavy atom. The third kappa shape index (κ3) is 4.08. The van der Waals surface area contributed by atoms with Gasteiger partial charge in [-0.05, 0) is 89.0 Å². The van der Waals surface area contributed by atoms with E-state index in [4.69, 9.17) is 19.7 Å². The Balaban J connectivity index is 1.57. The summed E-state index contributed by atoms with van der Waals surface area (Å²) in [4.78, 5) is 11.6. The summed E-state index contributed by atoms with van der Waals surface area (Å²) in [6.45, 7) is 26.0. The molecule has 0 radical (unpaired) electrons. The van der Waals surface area contributed by atoms with Crippen LogP contribution in [0.15, 0.2) is 115 Å². The van der Waals surface area contributed by atoms with Crippen molar-refractivity contribution in [1.29, 1.82) is 5.26 Å². The second kappa shape index (κ2) is 10.5. The molecule has 0 aliphatic heterocycles. The van der Waals surface area contributed by atoms with E-state index in [1.807, 2.05) is 122 Å². The van der Waals surface area contributed by atoms with Crippen LogP contribution in [0.25, 0.3) is 80.6 Å². The number of hydrogen-bond donors (Lipinski definition) is 0. The summed E-state index contributed by atoms with van der Waals surface area (Å²) >= 11 is 0. The Morgan fingerprint density at radius 3 is 1.74 bits per heavy atom. The first-order chi connectivity index (χ1) is 23.0. The van der Waals surface area contributed by atoms with Crippen molar-refractivity contribution >= 4 is 60.7 Å². The van der Waals surface area contributed by atoms with E-state index in [-0.39, 0.29) is 0 Å². The Labute approximate surface area is 270 Å². The summed E-state index contributed by atoms with van der Waals surface area (Å²) in [6, 6.07) is 39.6. The van der Waals surface area contributed by atoms with Gasteiger partial charge < -0.3 is 9.13 Å². The first-order valence-corrected chi connectivity index (χ1v) is 14.9. The monoisotopic (exact) mass is 598 g/mol. The number of para-hydroxylation sites is 2. The Bertz CT molecular complexity index is 2800. The maximum absolute atomic E-state index is 9.88. The van der Waals surface area contributed by atoms with Crippen LogP contribution in [-0.4, -0.2) is 9.13 Å². The lowest BCUT2D eigenvalue weighted by molar-refractivity contribution is 1.14. The highest BCUT2D eigenvalue weighted by Crippen LogP contribution is 2.46. The molecule has 0 bridgehead atoms. The highest BCUT2D eigenvalue weighted by Gasteiger charge is 2.24. The van der Waals surface area contributed by atoms with Crippen LogP contribution in [0, 0.1) is 38.0 Å². The van der Waals surface area contributed by atoms with Crippen molar-refractivity contribution in [3.63, 3.8) is 0 Å². The van der Waals surface area contributed by atoms with Crippen molar-refractivity contribution in [3.8, 4) is 28.6 Å². The number of fused-ring (bicyclic) bond motifs is 6. The molecule has 8 aromatic rings. The van der Waals surface area contributed by atoms with Crippen LogP contribution < -0.4 is 0 Å². The molecule has 0 saturated carbocycles. The van der Waals surface area contributed by atoms with Crippen LogP contribution in [-0.2, 0) is 0 Å². The summed E-state index contributed by atoms with van der Waals surface area (Å²) in [5, 5.41) is 13.7. The van der Waals surface area contributed by atoms with Crippen molar-refractivity contribution in [3.05, 3.63) is 161 Å². The molecule has 6 nitrogen and oxygen atoms in total. The standard InChI is InChI=1S/C41H22N6/c1-25-19-26(24-42)21-27(20-25)30-15-18-39(46-35-11-7-5-9-31(35)33-22-28(43-2)13-16-37(33)46)40(45-4)41(30)47-36-12-8-6-10-32(36)34-23-29(44-3)14-17-38(34)47/h5-23H,1H3. The van der Waals surface area contributed by atoms with Crippen LogP contribution in [0.3, 0.4) is 0 Å². The van der Waals surface area contributed by atoms with Crippen LogP contribution >= 0.6 is 0 Å². The second-order valence-electron chi connectivity index (χ2n) is 11.5. The number of hydrogen-bond acceptors (Lipinski definition) is 1. The van der Waals surface area contributed by atoms with Crippen molar-refractivity contribution in [2.75, 3.05) is 0 Å². The molecule has 0 saturated heterocycles. The predicted octanol–water partition coefficient (Wildman–Crippen LogP) is 11.4. The number of nitrogens with zero attached hydrogens (tertiary/aromatic N) is 6. The quantitative estimate of drug-likeness (QED) is 0.187. The molecule has 0 amide bonds. The maximum atomic E-state index is 9.88. The minimum Gasteiger partial charge on any atom is -0.319 e. The molecular formula is C41H22N6. The van der Waals surface area contributed by atoms with E-state index in [9.17, 15) is 5.26 Å². The maximum Gasteiger partial charge on any atom is 0.234 e. The fraction of sp³-hybridized carbons (Fsp3) is 0.0244. The Hall–Kier alpha value is -7.12. The zero-order valence-corrected chi connectivity index (χ0v) is 25.2. The Kier molecular flexibility index (Phi) is 6.13. The lowest BCUT2D eigenvalue weighted by Gasteiger charge is -2.20. The molecule has 216 valence electrons. The van der Waals surface area contributed by atoms with Crippen molar-refractivity contribution < 1.29 is 0 Å². The summed E-state index contributed by atoms with van der Waals surface area (Å²) in [7, 11) is 0. The first-order valence-electron chi connectivity index (χ1n) is 14.9. The number of nitriles is 1. The molecule has 0 aliphatic carbocycles. The lowest BCUT2D eigenvalue weighted by atomic mass is 9.97. The summed E-state index contributed by atoms with van der Waals surface area (Å²) in [5.74, 6) is 0. The Morgan fingerprint density at radius 2 is 1.15 bits per heavy atom.